The summed E-state index contributed by atoms with van der Waals surface area (Å²) in [4.78, 5) is 25.7. The van der Waals surface area contributed by atoms with E-state index in [1.165, 1.54) is 0 Å². The van der Waals surface area contributed by atoms with Crippen molar-refractivity contribution in [3.05, 3.63) is 29.3 Å². The number of carbonyl (C=O) groups excluding carboxylic acids is 2. The minimum atomic E-state index is -1.02. The number of nitrogens with two attached hydrogens (primary N) is 1. The van der Waals surface area contributed by atoms with Crippen molar-refractivity contribution in [3.8, 4) is 5.75 Å². The fourth-order valence-corrected chi connectivity index (χ4v) is 4.03. The lowest BCUT2D eigenvalue weighted by Gasteiger charge is -2.35. The second-order valence-electron chi connectivity index (χ2n) is 7.12. The second-order valence-corrected chi connectivity index (χ2v) is 7.12. The zero-order valence-electron chi connectivity index (χ0n) is 14.0. The molecule has 1 aliphatic carbocycles. The highest BCUT2D eigenvalue weighted by atomic mass is 16.5. The molecule has 0 spiro atoms. The summed E-state index contributed by atoms with van der Waals surface area (Å²) in [7, 11) is 0. The fourth-order valence-electron chi connectivity index (χ4n) is 4.03. The smallest absolute Gasteiger partial charge is 0.254 e. The van der Waals surface area contributed by atoms with E-state index in [9.17, 15) is 14.7 Å². The van der Waals surface area contributed by atoms with Crippen molar-refractivity contribution < 1.29 is 19.4 Å². The Labute approximate surface area is 146 Å². The van der Waals surface area contributed by atoms with Crippen molar-refractivity contribution in [3.63, 3.8) is 0 Å². The lowest BCUT2D eigenvalue weighted by Crippen LogP contribution is -2.55. The summed E-state index contributed by atoms with van der Waals surface area (Å²) in [5.41, 5.74) is 7.58. The molecule has 3 aliphatic rings. The van der Waals surface area contributed by atoms with Gasteiger partial charge < -0.3 is 25.8 Å². The molecule has 4 N–H and O–H groups in total. The number of amides is 2. The quantitative estimate of drug-likeness (QED) is 0.740. The molecule has 0 aromatic heterocycles. The maximum absolute atomic E-state index is 12.7. The zero-order chi connectivity index (χ0) is 17.6. The van der Waals surface area contributed by atoms with E-state index in [0.717, 1.165) is 30.6 Å². The molecule has 2 heterocycles. The number of hydrogen-bond donors (Lipinski definition) is 3. The number of fused-ring (bicyclic) bond motifs is 1. The van der Waals surface area contributed by atoms with E-state index in [0.29, 0.717) is 24.9 Å². The van der Waals surface area contributed by atoms with Gasteiger partial charge in [0, 0.05) is 24.6 Å². The molecular formula is C18H23N3O4. The van der Waals surface area contributed by atoms with Crippen molar-refractivity contribution in [2.24, 2.45) is 5.73 Å². The average Bonchev–Trinajstić information content (AvgIpc) is 3.12. The summed E-state index contributed by atoms with van der Waals surface area (Å²) in [5, 5.41) is 12.6. The first-order valence-corrected chi connectivity index (χ1v) is 8.86. The van der Waals surface area contributed by atoms with Gasteiger partial charge in [-0.1, -0.05) is 0 Å². The monoisotopic (exact) mass is 345 g/mol. The highest BCUT2D eigenvalue weighted by Gasteiger charge is 2.39. The van der Waals surface area contributed by atoms with Gasteiger partial charge in [-0.15, -0.1) is 0 Å². The lowest BCUT2D eigenvalue weighted by atomic mass is 10.0. The number of aliphatic hydroxyl groups is 1. The minimum Gasteiger partial charge on any atom is -0.489 e. The Morgan fingerprint density at radius 2 is 2.08 bits per heavy atom. The van der Waals surface area contributed by atoms with E-state index >= 15 is 0 Å². The van der Waals surface area contributed by atoms with Crippen LogP contribution in [0.5, 0.6) is 5.75 Å². The van der Waals surface area contributed by atoms with Gasteiger partial charge in [0.2, 0.25) is 5.91 Å². The molecule has 2 amide bonds. The van der Waals surface area contributed by atoms with E-state index in [1.54, 1.807) is 11.0 Å². The number of hydrogen-bond acceptors (Lipinski definition) is 5. The Balaban J connectivity index is 1.50. The molecule has 1 aromatic carbocycles. The zero-order valence-corrected chi connectivity index (χ0v) is 14.0. The van der Waals surface area contributed by atoms with Crippen molar-refractivity contribution in [1.82, 2.24) is 10.2 Å². The third kappa shape index (κ3) is 2.98. The van der Waals surface area contributed by atoms with Crippen LogP contribution >= 0.6 is 0 Å². The van der Waals surface area contributed by atoms with Gasteiger partial charge >= 0.3 is 0 Å². The molecule has 2 unspecified atom stereocenters. The molecule has 4 atom stereocenters. The van der Waals surface area contributed by atoms with Gasteiger partial charge in [0.15, 0.2) is 0 Å². The van der Waals surface area contributed by atoms with E-state index in [2.05, 4.69) is 5.32 Å². The van der Waals surface area contributed by atoms with Gasteiger partial charge in [0.25, 0.3) is 5.91 Å². The first-order chi connectivity index (χ1) is 12.0. The SMILES string of the molecule is N[C@H]1CCC[C@@H]1Oc1ccc2c(c1)CN(C1CCC(=O)NC1O)C2=O. The molecule has 7 heteroatoms. The standard InChI is InChI=1S/C18H23N3O4/c19-13-2-1-3-15(13)25-11-4-5-12-10(8-11)9-21(18(12)24)14-6-7-16(22)20-17(14)23/h4-5,8,13-15,17,23H,1-3,6-7,9,19H2,(H,20,22)/t13-,14?,15-,17?/m0/s1. The lowest BCUT2D eigenvalue weighted by molar-refractivity contribution is -0.129. The number of ether oxygens (including phenoxy) is 1. The molecule has 0 radical (unpaired) electrons. The minimum absolute atomic E-state index is 0.0293. The van der Waals surface area contributed by atoms with Crippen molar-refractivity contribution in [1.29, 1.82) is 0 Å². The van der Waals surface area contributed by atoms with E-state index in [4.69, 9.17) is 10.5 Å². The van der Waals surface area contributed by atoms with E-state index < -0.39 is 12.3 Å². The third-order valence-electron chi connectivity index (χ3n) is 5.44. The Bertz CT molecular complexity index is 708. The Hall–Kier alpha value is -2.12. The van der Waals surface area contributed by atoms with Crippen LogP contribution in [0.2, 0.25) is 0 Å². The highest BCUT2D eigenvalue weighted by Crippen LogP contribution is 2.32. The summed E-state index contributed by atoms with van der Waals surface area (Å²) >= 11 is 0. The van der Waals surface area contributed by atoms with Crippen LogP contribution in [0.1, 0.15) is 48.0 Å². The topological polar surface area (TPSA) is 105 Å². The Morgan fingerprint density at radius 1 is 1.24 bits per heavy atom. The van der Waals surface area contributed by atoms with Crippen LogP contribution in [-0.4, -0.2) is 46.2 Å². The fraction of sp³-hybridized carbons (Fsp3) is 0.556. The first kappa shape index (κ1) is 16.4. The van der Waals surface area contributed by atoms with Crippen LogP contribution in [0.3, 0.4) is 0 Å². The largest absolute Gasteiger partial charge is 0.489 e. The van der Waals surface area contributed by atoms with Gasteiger partial charge in [0.1, 0.15) is 18.1 Å². The average molecular weight is 345 g/mol. The maximum atomic E-state index is 12.7. The molecule has 7 nitrogen and oxygen atoms in total. The molecule has 1 saturated carbocycles. The normalized spacial score (nSPS) is 31.8. The first-order valence-electron chi connectivity index (χ1n) is 8.86. The summed E-state index contributed by atoms with van der Waals surface area (Å²) in [6.45, 7) is 0.416. The van der Waals surface area contributed by atoms with Gasteiger partial charge in [-0.25, -0.2) is 0 Å². The van der Waals surface area contributed by atoms with Crippen LogP contribution in [0, 0.1) is 0 Å². The van der Waals surface area contributed by atoms with Crippen LogP contribution in [0.25, 0.3) is 0 Å². The van der Waals surface area contributed by atoms with Crippen molar-refractivity contribution >= 4 is 11.8 Å². The predicted octanol–water partition coefficient (Wildman–Crippen LogP) is 0.498. The molecule has 1 aromatic rings. The highest BCUT2D eigenvalue weighted by molar-refractivity contribution is 5.99. The predicted molar refractivity (Wildman–Crippen MR) is 89.7 cm³/mol. The molecule has 0 bridgehead atoms. The van der Waals surface area contributed by atoms with E-state index in [1.807, 2.05) is 12.1 Å². The van der Waals surface area contributed by atoms with Crippen LogP contribution in [-0.2, 0) is 11.3 Å². The summed E-state index contributed by atoms with van der Waals surface area (Å²) < 4.78 is 6.00. The summed E-state index contributed by atoms with van der Waals surface area (Å²) in [6, 6.07) is 5.15. The molecule has 1 saturated heterocycles. The van der Waals surface area contributed by atoms with Crippen LogP contribution in [0.15, 0.2) is 18.2 Å². The summed E-state index contributed by atoms with van der Waals surface area (Å²) in [5.74, 6) is 0.434. The number of carbonyl (C=O) groups is 2. The van der Waals surface area contributed by atoms with Gasteiger partial charge in [0.05, 0.1) is 6.04 Å². The van der Waals surface area contributed by atoms with Gasteiger partial charge in [-0.2, -0.15) is 0 Å². The molecule has 2 fully saturated rings. The Kier molecular flexibility index (Phi) is 4.13. The van der Waals surface area contributed by atoms with Crippen molar-refractivity contribution in [2.75, 3.05) is 0 Å². The third-order valence-corrected chi connectivity index (χ3v) is 5.44. The Morgan fingerprint density at radius 3 is 2.80 bits per heavy atom. The summed E-state index contributed by atoms with van der Waals surface area (Å²) in [6.07, 6.45) is 2.80. The number of benzene rings is 1. The van der Waals surface area contributed by atoms with E-state index in [-0.39, 0.29) is 24.0 Å². The number of nitrogens with one attached hydrogen (secondary N) is 1. The number of aliphatic hydroxyl groups excluding tert-OH is 1. The molecule has 25 heavy (non-hydrogen) atoms. The molecule has 134 valence electrons. The maximum Gasteiger partial charge on any atom is 0.254 e. The van der Waals surface area contributed by atoms with Crippen molar-refractivity contribution in [2.45, 2.75) is 63.1 Å². The molecular weight excluding hydrogens is 322 g/mol. The van der Waals surface area contributed by atoms with Gasteiger partial charge in [-0.05, 0) is 49.4 Å². The molecule has 2 aliphatic heterocycles. The number of rotatable bonds is 3. The number of piperidine rings is 1. The molecule has 4 rings (SSSR count). The van der Waals surface area contributed by atoms with Crippen LogP contribution < -0.4 is 15.8 Å². The second kappa shape index (κ2) is 6.31. The number of nitrogens with zero attached hydrogens (tertiary/aromatic N) is 1. The van der Waals surface area contributed by atoms with Gasteiger partial charge in [-0.3, -0.25) is 9.59 Å². The van der Waals surface area contributed by atoms with Crippen LogP contribution in [0.4, 0.5) is 0 Å².